The maximum Gasteiger partial charge on any atom is 0.320 e. The minimum absolute atomic E-state index is 0.0964. The van der Waals surface area contributed by atoms with Crippen molar-refractivity contribution in [1.82, 2.24) is 25.4 Å². The van der Waals surface area contributed by atoms with E-state index in [0.29, 0.717) is 5.82 Å². The molecule has 28 heavy (non-hydrogen) atoms. The number of carbonyl (C=O) groups is 1. The molecule has 0 radical (unpaired) electrons. The summed E-state index contributed by atoms with van der Waals surface area (Å²) in [6.45, 7) is 5.86. The lowest BCUT2D eigenvalue weighted by molar-refractivity contribution is 0.249. The number of fused-ring (bicyclic) bond motifs is 1. The van der Waals surface area contributed by atoms with Crippen LogP contribution < -0.4 is 15.5 Å². The molecule has 4 rings (SSSR count). The number of hydrogen-bond donors (Lipinski definition) is 3. The van der Waals surface area contributed by atoms with Crippen LogP contribution in [0.15, 0.2) is 42.6 Å². The molecule has 3 N–H and O–H groups in total. The van der Waals surface area contributed by atoms with E-state index in [4.69, 9.17) is 0 Å². The maximum absolute atomic E-state index is 12.3. The van der Waals surface area contributed by atoms with E-state index in [-0.39, 0.29) is 12.1 Å². The number of aromatic amines is 1. The normalized spacial score (nSPS) is 16.1. The summed E-state index contributed by atoms with van der Waals surface area (Å²) in [5, 5.41) is 14.2. The zero-order valence-corrected chi connectivity index (χ0v) is 16.1. The van der Waals surface area contributed by atoms with Crippen molar-refractivity contribution in [2.75, 3.05) is 43.4 Å². The standard InChI is InChI=1S/C20H25N7O/c1-14(15-6-4-3-5-7-15)22-20(28)23-18-12-17-16(13-21-18)19(25-24-17)27-10-8-26(2)9-11-27/h3-7,12-14H,8-11H2,1-2H3,(H,24,25)(H2,21,22,23,28)/t14-/m1/s1. The summed E-state index contributed by atoms with van der Waals surface area (Å²) in [5.41, 5.74) is 1.90. The molecule has 0 spiro atoms. The van der Waals surface area contributed by atoms with Crippen LogP contribution in [0.4, 0.5) is 16.4 Å². The molecule has 1 saturated heterocycles. The van der Waals surface area contributed by atoms with Crippen LogP contribution in [0.25, 0.3) is 10.9 Å². The highest BCUT2D eigenvalue weighted by Crippen LogP contribution is 2.25. The van der Waals surface area contributed by atoms with Crippen LogP contribution >= 0.6 is 0 Å². The van der Waals surface area contributed by atoms with Crippen molar-refractivity contribution < 1.29 is 4.79 Å². The number of aromatic nitrogens is 3. The van der Waals surface area contributed by atoms with Crippen molar-refractivity contribution in [2.45, 2.75) is 13.0 Å². The van der Waals surface area contributed by atoms with Gasteiger partial charge < -0.3 is 15.1 Å². The minimum Gasteiger partial charge on any atom is -0.352 e. The van der Waals surface area contributed by atoms with Gasteiger partial charge in [-0.25, -0.2) is 9.78 Å². The first-order chi connectivity index (χ1) is 13.6. The van der Waals surface area contributed by atoms with Gasteiger partial charge in [-0.1, -0.05) is 30.3 Å². The Morgan fingerprint density at radius 2 is 1.93 bits per heavy atom. The molecule has 1 aromatic carbocycles. The van der Waals surface area contributed by atoms with Crippen LogP contribution in [0.3, 0.4) is 0 Å². The molecule has 2 amide bonds. The lowest BCUT2D eigenvalue weighted by Gasteiger charge is -2.32. The van der Waals surface area contributed by atoms with Crippen molar-refractivity contribution in [3.8, 4) is 0 Å². The van der Waals surface area contributed by atoms with Gasteiger partial charge in [-0.15, -0.1) is 0 Å². The Hall–Kier alpha value is -3.13. The highest BCUT2D eigenvalue weighted by molar-refractivity contribution is 5.94. The fraction of sp³-hybridized carbons (Fsp3) is 0.350. The fourth-order valence-electron chi connectivity index (χ4n) is 3.40. The average molecular weight is 379 g/mol. The number of hydrogen-bond acceptors (Lipinski definition) is 5. The number of nitrogens with zero attached hydrogens (tertiary/aromatic N) is 4. The number of anilines is 2. The van der Waals surface area contributed by atoms with Crippen molar-refractivity contribution in [3.63, 3.8) is 0 Å². The van der Waals surface area contributed by atoms with Gasteiger partial charge in [-0.2, -0.15) is 5.10 Å². The highest BCUT2D eigenvalue weighted by atomic mass is 16.2. The van der Waals surface area contributed by atoms with Crippen LogP contribution in [0.2, 0.25) is 0 Å². The van der Waals surface area contributed by atoms with Gasteiger partial charge in [0.15, 0.2) is 5.82 Å². The lowest BCUT2D eigenvalue weighted by atomic mass is 10.1. The number of amides is 2. The first kappa shape index (κ1) is 18.2. The summed E-state index contributed by atoms with van der Waals surface area (Å²) < 4.78 is 0. The van der Waals surface area contributed by atoms with Gasteiger partial charge in [0, 0.05) is 38.4 Å². The molecule has 1 aliphatic rings. The Kier molecular flexibility index (Phi) is 5.12. The Morgan fingerprint density at radius 3 is 2.68 bits per heavy atom. The van der Waals surface area contributed by atoms with Gasteiger partial charge >= 0.3 is 6.03 Å². The van der Waals surface area contributed by atoms with Crippen LogP contribution in [0.1, 0.15) is 18.5 Å². The van der Waals surface area contributed by atoms with E-state index in [1.165, 1.54) is 0 Å². The maximum atomic E-state index is 12.3. The molecule has 0 bridgehead atoms. The smallest absolute Gasteiger partial charge is 0.320 e. The first-order valence-corrected chi connectivity index (χ1v) is 9.50. The quantitative estimate of drug-likeness (QED) is 0.648. The number of piperazine rings is 1. The SMILES string of the molecule is C[C@@H](NC(=O)Nc1cc2[nH]nc(N3CCN(C)CC3)c2cn1)c1ccccc1. The zero-order valence-electron chi connectivity index (χ0n) is 16.1. The van der Waals surface area contributed by atoms with Crippen molar-refractivity contribution in [2.24, 2.45) is 0 Å². The molecule has 1 aliphatic heterocycles. The third-order valence-electron chi connectivity index (χ3n) is 5.12. The van der Waals surface area contributed by atoms with E-state index < -0.39 is 0 Å². The summed E-state index contributed by atoms with van der Waals surface area (Å²) in [6.07, 6.45) is 1.77. The lowest BCUT2D eigenvalue weighted by Crippen LogP contribution is -2.44. The number of nitrogens with one attached hydrogen (secondary N) is 3. The topological polar surface area (TPSA) is 89.2 Å². The summed E-state index contributed by atoms with van der Waals surface area (Å²) in [7, 11) is 2.13. The molecule has 8 nitrogen and oxygen atoms in total. The molecule has 1 fully saturated rings. The molecule has 2 aromatic heterocycles. The average Bonchev–Trinajstić information content (AvgIpc) is 3.12. The van der Waals surface area contributed by atoms with Crippen LogP contribution in [0, 0.1) is 0 Å². The highest BCUT2D eigenvalue weighted by Gasteiger charge is 2.19. The van der Waals surface area contributed by atoms with Crippen LogP contribution in [-0.4, -0.2) is 59.3 Å². The van der Waals surface area contributed by atoms with E-state index >= 15 is 0 Å². The summed E-state index contributed by atoms with van der Waals surface area (Å²) in [4.78, 5) is 21.3. The van der Waals surface area contributed by atoms with Gasteiger partial charge in [0.2, 0.25) is 0 Å². The number of pyridine rings is 1. The second-order valence-corrected chi connectivity index (χ2v) is 7.18. The monoisotopic (exact) mass is 379 g/mol. The number of H-pyrrole nitrogens is 1. The van der Waals surface area contributed by atoms with Gasteiger partial charge in [-0.05, 0) is 19.5 Å². The minimum atomic E-state index is -0.290. The molecule has 0 aliphatic carbocycles. The predicted molar refractivity (Wildman–Crippen MR) is 111 cm³/mol. The van der Waals surface area contributed by atoms with Crippen LogP contribution in [0.5, 0.6) is 0 Å². The molecule has 0 saturated carbocycles. The van der Waals surface area contributed by atoms with Crippen LogP contribution in [-0.2, 0) is 0 Å². The number of carbonyl (C=O) groups excluding carboxylic acids is 1. The molecule has 1 atom stereocenters. The second-order valence-electron chi connectivity index (χ2n) is 7.18. The Bertz CT molecular complexity index is 948. The zero-order chi connectivity index (χ0) is 19.5. The number of urea groups is 1. The van der Waals surface area contributed by atoms with Crippen molar-refractivity contribution in [3.05, 3.63) is 48.2 Å². The first-order valence-electron chi connectivity index (χ1n) is 9.50. The number of rotatable bonds is 4. The van der Waals surface area contributed by atoms with E-state index in [2.05, 4.69) is 42.7 Å². The van der Waals surface area contributed by atoms with E-state index in [1.54, 1.807) is 6.20 Å². The van der Waals surface area contributed by atoms with Gasteiger partial charge in [0.05, 0.1) is 16.9 Å². The van der Waals surface area contributed by atoms with Gasteiger partial charge in [0.25, 0.3) is 0 Å². The molecular formula is C20H25N7O. The predicted octanol–water partition coefficient (Wildman–Crippen LogP) is 2.59. The molecule has 0 unspecified atom stereocenters. The molecule has 146 valence electrons. The van der Waals surface area contributed by atoms with Crippen molar-refractivity contribution >= 4 is 28.6 Å². The molecular weight excluding hydrogens is 354 g/mol. The van der Waals surface area contributed by atoms with Gasteiger partial charge in [-0.3, -0.25) is 10.4 Å². The second kappa shape index (κ2) is 7.85. The Labute approximate surface area is 163 Å². The third kappa shape index (κ3) is 3.91. The Balaban J connectivity index is 1.43. The molecule has 3 aromatic rings. The van der Waals surface area contributed by atoms with E-state index in [0.717, 1.165) is 48.5 Å². The van der Waals surface area contributed by atoms with E-state index in [1.807, 2.05) is 43.3 Å². The van der Waals surface area contributed by atoms with Crippen molar-refractivity contribution in [1.29, 1.82) is 0 Å². The molecule has 8 heteroatoms. The largest absolute Gasteiger partial charge is 0.352 e. The summed E-state index contributed by atoms with van der Waals surface area (Å²) in [6, 6.07) is 11.3. The third-order valence-corrected chi connectivity index (χ3v) is 5.12. The number of benzene rings is 1. The fourth-order valence-corrected chi connectivity index (χ4v) is 3.40. The number of likely N-dealkylation sites (N-methyl/N-ethyl adjacent to an activating group) is 1. The molecule has 3 heterocycles. The summed E-state index contributed by atoms with van der Waals surface area (Å²) in [5.74, 6) is 1.41. The Morgan fingerprint density at radius 1 is 1.18 bits per heavy atom. The van der Waals surface area contributed by atoms with E-state index in [9.17, 15) is 4.79 Å². The summed E-state index contributed by atoms with van der Waals surface area (Å²) >= 11 is 0. The van der Waals surface area contributed by atoms with Gasteiger partial charge in [0.1, 0.15) is 5.82 Å².